The van der Waals surface area contributed by atoms with Gasteiger partial charge in [-0.2, -0.15) is 0 Å². The molecule has 2 aromatic carbocycles. The highest BCUT2D eigenvalue weighted by Gasteiger charge is 2.53. The fourth-order valence-electron chi connectivity index (χ4n) is 3.60. The molecule has 4 heteroatoms. The highest BCUT2D eigenvalue weighted by atomic mass is 16.6. The van der Waals surface area contributed by atoms with Crippen molar-refractivity contribution >= 4 is 23.1 Å². The van der Waals surface area contributed by atoms with E-state index in [4.69, 9.17) is 4.74 Å². The van der Waals surface area contributed by atoms with Crippen molar-refractivity contribution in [1.29, 1.82) is 0 Å². The third-order valence-corrected chi connectivity index (χ3v) is 4.67. The molecule has 2 heterocycles. The molecule has 2 aliphatic heterocycles. The molecule has 1 N–H and O–H groups in total. The predicted molar refractivity (Wildman–Crippen MR) is 91.4 cm³/mol. The fourth-order valence-corrected chi connectivity index (χ4v) is 3.60. The average Bonchev–Trinajstić information content (AvgIpc) is 2.81. The van der Waals surface area contributed by atoms with Crippen LogP contribution in [0.15, 0.2) is 48.5 Å². The van der Waals surface area contributed by atoms with Gasteiger partial charge in [-0.15, -0.1) is 0 Å². The molecule has 120 valence electrons. The first-order chi connectivity index (χ1) is 11.5. The Labute approximate surface area is 140 Å². The fraction of sp³-hybridized carbons (Fsp3) is 0.200. The molecule has 1 amide bonds. The van der Waals surface area contributed by atoms with Gasteiger partial charge < -0.3 is 10.1 Å². The molecule has 2 aliphatic rings. The van der Waals surface area contributed by atoms with Crippen LogP contribution in [0.3, 0.4) is 0 Å². The third-order valence-electron chi connectivity index (χ3n) is 4.67. The number of anilines is 1. The molecule has 4 rings (SSSR count). The van der Waals surface area contributed by atoms with Gasteiger partial charge in [0.15, 0.2) is 0 Å². The van der Waals surface area contributed by atoms with E-state index in [1.165, 1.54) is 6.08 Å². The van der Waals surface area contributed by atoms with Crippen molar-refractivity contribution in [3.05, 3.63) is 70.8 Å². The lowest BCUT2D eigenvalue weighted by molar-refractivity contribution is -0.163. The summed E-state index contributed by atoms with van der Waals surface area (Å²) >= 11 is 0. The van der Waals surface area contributed by atoms with E-state index in [-0.39, 0.29) is 5.91 Å². The Bertz CT molecular complexity index is 899. The standard InChI is InChI=1S/C20H17NO3/c1-12-8-13(2)18-16(9-12)20(19(23)21-18)11-15(10-17(22)24-20)14-6-4-3-5-7-14/h3-10H,11H2,1-2H3,(H,21,23). The van der Waals surface area contributed by atoms with E-state index in [0.29, 0.717) is 6.42 Å². The van der Waals surface area contributed by atoms with Gasteiger partial charge in [0.1, 0.15) is 0 Å². The first-order valence-electron chi connectivity index (χ1n) is 7.92. The van der Waals surface area contributed by atoms with Crippen molar-refractivity contribution in [2.45, 2.75) is 25.9 Å². The van der Waals surface area contributed by atoms with E-state index in [0.717, 1.165) is 33.5 Å². The molecular weight excluding hydrogens is 302 g/mol. The Morgan fingerprint density at radius 1 is 1.08 bits per heavy atom. The summed E-state index contributed by atoms with van der Waals surface area (Å²) in [5.41, 5.74) is 3.99. The number of ether oxygens (including phenoxy) is 1. The van der Waals surface area contributed by atoms with Crippen molar-refractivity contribution < 1.29 is 14.3 Å². The number of carbonyl (C=O) groups is 2. The van der Waals surface area contributed by atoms with Gasteiger partial charge in [0.25, 0.3) is 5.91 Å². The van der Waals surface area contributed by atoms with E-state index in [1.807, 2.05) is 56.3 Å². The SMILES string of the molecule is Cc1cc(C)c2c(c1)C1(CC(c3ccccc3)=CC(=O)O1)C(=O)N2. The van der Waals surface area contributed by atoms with Crippen LogP contribution in [-0.2, 0) is 19.9 Å². The Kier molecular flexibility index (Phi) is 3.10. The van der Waals surface area contributed by atoms with Gasteiger partial charge in [-0.25, -0.2) is 4.79 Å². The van der Waals surface area contributed by atoms with Crippen LogP contribution in [0.4, 0.5) is 5.69 Å². The number of aryl methyl sites for hydroxylation is 2. The zero-order valence-electron chi connectivity index (χ0n) is 13.6. The van der Waals surface area contributed by atoms with Crippen LogP contribution in [-0.4, -0.2) is 11.9 Å². The van der Waals surface area contributed by atoms with Crippen molar-refractivity contribution in [3.63, 3.8) is 0 Å². The number of fused-ring (bicyclic) bond motifs is 2. The molecule has 0 saturated heterocycles. The summed E-state index contributed by atoms with van der Waals surface area (Å²) in [6.07, 6.45) is 1.82. The molecule has 1 unspecified atom stereocenters. The van der Waals surface area contributed by atoms with Crippen molar-refractivity contribution in [2.24, 2.45) is 0 Å². The number of hydrogen-bond acceptors (Lipinski definition) is 3. The third kappa shape index (κ3) is 2.07. The minimum Gasteiger partial charge on any atom is -0.440 e. The maximum absolute atomic E-state index is 12.8. The quantitative estimate of drug-likeness (QED) is 0.819. The summed E-state index contributed by atoms with van der Waals surface area (Å²) in [5, 5.41) is 2.90. The first kappa shape index (κ1) is 14.7. The summed E-state index contributed by atoms with van der Waals surface area (Å²) < 4.78 is 5.61. The molecule has 0 aromatic heterocycles. The minimum atomic E-state index is -1.27. The number of carbonyl (C=O) groups excluding carboxylic acids is 2. The number of hydrogen-bond donors (Lipinski definition) is 1. The van der Waals surface area contributed by atoms with Gasteiger partial charge in [0.2, 0.25) is 5.60 Å². The maximum Gasteiger partial charge on any atom is 0.332 e. The van der Waals surface area contributed by atoms with Crippen LogP contribution in [0.1, 0.15) is 28.7 Å². The molecule has 2 aromatic rings. The normalized spacial score (nSPS) is 22.0. The van der Waals surface area contributed by atoms with Crippen molar-refractivity contribution in [2.75, 3.05) is 5.32 Å². The van der Waals surface area contributed by atoms with Crippen molar-refractivity contribution in [3.8, 4) is 0 Å². The van der Waals surface area contributed by atoms with Crippen LogP contribution in [0.5, 0.6) is 0 Å². The second-order valence-electron chi connectivity index (χ2n) is 6.42. The van der Waals surface area contributed by atoms with Crippen LogP contribution in [0, 0.1) is 13.8 Å². The highest BCUT2D eigenvalue weighted by Crippen LogP contribution is 2.48. The first-order valence-corrected chi connectivity index (χ1v) is 7.92. The number of amides is 1. The zero-order chi connectivity index (χ0) is 16.9. The van der Waals surface area contributed by atoms with Gasteiger partial charge in [0.05, 0.1) is 5.69 Å². The smallest absolute Gasteiger partial charge is 0.332 e. The van der Waals surface area contributed by atoms with E-state index < -0.39 is 11.6 Å². The topological polar surface area (TPSA) is 55.4 Å². The van der Waals surface area contributed by atoms with Crippen LogP contribution in [0.25, 0.3) is 5.57 Å². The minimum absolute atomic E-state index is 0.277. The molecule has 0 aliphatic carbocycles. The van der Waals surface area contributed by atoms with Crippen LogP contribution < -0.4 is 5.32 Å². The lowest BCUT2D eigenvalue weighted by Gasteiger charge is -2.31. The number of esters is 1. The Balaban J connectivity index is 1.87. The molecule has 4 nitrogen and oxygen atoms in total. The molecule has 0 radical (unpaired) electrons. The van der Waals surface area contributed by atoms with Gasteiger partial charge >= 0.3 is 5.97 Å². The summed E-state index contributed by atoms with van der Waals surface area (Å²) in [6, 6.07) is 13.6. The molecule has 0 saturated carbocycles. The van der Waals surface area contributed by atoms with Gasteiger partial charge in [0, 0.05) is 18.1 Å². The van der Waals surface area contributed by atoms with E-state index in [9.17, 15) is 9.59 Å². The summed E-state index contributed by atoms with van der Waals surface area (Å²) in [5.74, 6) is -0.761. The number of nitrogens with one attached hydrogen (secondary N) is 1. The van der Waals surface area contributed by atoms with Crippen LogP contribution >= 0.6 is 0 Å². The van der Waals surface area contributed by atoms with E-state index >= 15 is 0 Å². The second kappa shape index (κ2) is 5.06. The largest absolute Gasteiger partial charge is 0.440 e. The lowest BCUT2D eigenvalue weighted by Crippen LogP contribution is -2.41. The molecular formula is C20H17NO3. The molecule has 0 fully saturated rings. The lowest BCUT2D eigenvalue weighted by atomic mass is 9.83. The van der Waals surface area contributed by atoms with Gasteiger partial charge in [-0.3, -0.25) is 4.79 Å². The monoisotopic (exact) mass is 319 g/mol. The zero-order valence-corrected chi connectivity index (χ0v) is 13.6. The highest BCUT2D eigenvalue weighted by molar-refractivity contribution is 6.10. The maximum atomic E-state index is 12.8. The molecule has 1 spiro atoms. The van der Waals surface area contributed by atoms with Crippen molar-refractivity contribution in [1.82, 2.24) is 0 Å². The predicted octanol–water partition coefficient (Wildman–Crippen LogP) is 3.48. The van der Waals surface area contributed by atoms with E-state index in [2.05, 4.69) is 5.32 Å². The number of benzene rings is 2. The number of rotatable bonds is 1. The summed E-state index contributed by atoms with van der Waals surface area (Å²) in [7, 11) is 0. The van der Waals surface area contributed by atoms with Crippen LogP contribution in [0.2, 0.25) is 0 Å². The van der Waals surface area contributed by atoms with Gasteiger partial charge in [-0.05, 0) is 36.6 Å². The molecule has 1 atom stereocenters. The average molecular weight is 319 g/mol. The summed E-state index contributed by atoms with van der Waals surface area (Å²) in [6.45, 7) is 3.92. The molecule has 0 bridgehead atoms. The van der Waals surface area contributed by atoms with E-state index in [1.54, 1.807) is 0 Å². The Morgan fingerprint density at radius 3 is 2.58 bits per heavy atom. The Hall–Kier alpha value is -2.88. The Morgan fingerprint density at radius 2 is 1.83 bits per heavy atom. The summed E-state index contributed by atoms with van der Waals surface area (Å²) in [4.78, 5) is 25.0. The van der Waals surface area contributed by atoms with Gasteiger partial charge in [-0.1, -0.05) is 42.0 Å². The second-order valence-corrected chi connectivity index (χ2v) is 6.42. The molecule has 24 heavy (non-hydrogen) atoms.